The van der Waals surface area contributed by atoms with E-state index < -0.39 is 5.78 Å². The molecule has 0 aliphatic heterocycles. The Bertz CT molecular complexity index is 303. The van der Waals surface area contributed by atoms with Gasteiger partial charge in [0.25, 0.3) is 5.78 Å². The number of hydrogen-bond acceptors (Lipinski definition) is 3. The van der Waals surface area contributed by atoms with E-state index in [2.05, 4.69) is 0 Å². The van der Waals surface area contributed by atoms with Gasteiger partial charge in [-0.3, -0.25) is 4.79 Å². The Hall–Kier alpha value is -1.82. The second kappa shape index (κ2) is 3.37. The Kier molecular flexibility index (Phi) is 2.24. The van der Waals surface area contributed by atoms with Gasteiger partial charge in [-0.1, -0.05) is 0 Å². The number of allylic oxidation sites excluding steroid dienone is 1. The Balaban J connectivity index is 2.64. The summed E-state index contributed by atoms with van der Waals surface area (Å²) in [6.07, 6.45) is 5.71. The van der Waals surface area contributed by atoms with Crippen LogP contribution in [0.15, 0.2) is 29.1 Å². The molecule has 0 spiro atoms. The van der Waals surface area contributed by atoms with Gasteiger partial charge in [0, 0.05) is 5.56 Å². The molecule has 0 N–H and O–H groups in total. The van der Waals surface area contributed by atoms with Crippen LogP contribution in [-0.4, -0.2) is 5.78 Å². The maximum atomic E-state index is 10.4. The molecule has 0 fully saturated rings. The lowest BCUT2D eigenvalue weighted by Gasteiger charge is -1.76. The van der Waals surface area contributed by atoms with Gasteiger partial charge in [-0.25, -0.2) is 0 Å². The van der Waals surface area contributed by atoms with Crippen LogP contribution >= 0.6 is 0 Å². The highest BCUT2D eigenvalue weighted by molar-refractivity contribution is 6.04. The van der Waals surface area contributed by atoms with Crippen molar-refractivity contribution in [3.63, 3.8) is 0 Å². The normalized spacial score (nSPS) is 9.73. The van der Waals surface area contributed by atoms with Crippen molar-refractivity contribution in [2.45, 2.75) is 0 Å². The molecule has 0 saturated heterocycles. The first-order valence-corrected chi connectivity index (χ1v) is 2.97. The molecule has 0 aliphatic carbocycles. The van der Waals surface area contributed by atoms with Crippen LogP contribution in [0.4, 0.5) is 0 Å². The van der Waals surface area contributed by atoms with Crippen LogP contribution in [0.2, 0.25) is 0 Å². The van der Waals surface area contributed by atoms with Gasteiger partial charge in [-0.2, -0.15) is 5.26 Å². The van der Waals surface area contributed by atoms with E-state index in [1.807, 2.05) is 0 Å². The molecule has 0 aliphatic rings. The molecular weight excluding hydrogens is 142 g/mol. The molecule has 0 aromatic carbocycles. The minimum Gasteiger partial charge on any atom is -0.472 e. The van der Waals surface area contributed by atoms with Gasteiger partial charge in [-0.05, 0) is 18.2 Å². The summed E-state index contributed by atoms with van der Waals surface area (Å²) in [4.78, 5) is 10.4. The third kappa shape index (κ3) is 2.11. The zero-order valence-corrected chi connectivity index (χ0v) is 5.65. The van der Waals surface area contributed by atoms with Crippen LogP contribution in [0.3, 0.4) is 0 Å². The van der Waals surface area contributed by atoms with E-state index in [4.69, 9.17) is 9.68 Å². The second-order valence-corrected chi connectivity index (χ2v) is 1.87. The number of hydrogen-bond donors (Lipinski definition) is 0. The highest BCUT2D eigenvalue weighted by Gasteiger charge is 1.90. The Morgan fingerprint density at radius 2 is 2.55 bits per heavy atom. The summed E-state index contributed by atoms with van der Waals surface area (Å²) in [6.45, 7) is 0. The van der Waals surface area contributed by atoms with Crippen molar-refractivity contribution < 1.29 is 9.21 Å². The van der Waals surface area contributed by atoms with Gasteiger partial charge >= 0.3 is 0 Å². The average molecular weight is 147 g/mol. The molecule has 0 radical (unpaired) electrons. The van der Waals surface area contributed by atoms with Gasteiger partial charge in [-0.15, -0.1) is 0 Å². The Labute approximate surface area is 63.5 Å². The van der Waals surface area contributed by atoms with Gasteiger partial charge in [0.2, 0.25) is 0 Å². The molecule has 1 aromatic heterocycles. The number of furan rings is 1. The maximum Gasteiger partial charge on any atom is 0.255 e. The molecule has 3 nitrogen and oxygen atoms in total. The summed E-state index contributed by atoms with van der Waals surface area (Å²) in [5, 5.41) is 8.09. The van der Waals surface area contributed by atoms with Crippen molar-refractivity contribution in [1.82, 2.24) is 0 Å². The van der Waals surface area contributed by atoms with Crippen molar-refractivity contribution >= 4 is 11.9 Å². The van der Waals surface area contributed by atoms with E-state index in [9.17, 15) is 4.79 Å². The van der Waals surface area contributed by atoms with Crippen molar-refractivity contribution in [3.05, 3.63) is 30.2 Å². The van der Waals surface area contributed by atoms with Gasteiger partial charge in [0.15, 0.2) is 0 Å². The van der Waals surface area contributed by atoms with Crippen molar-refractivity contribution in [1.29, 1.82) is 5.26 Å². The molecule has 0 amide bonds. The van der Waals surface area contributed by atoms with Crippen molar-refractivity contribution in [3.8, 4) is 6.07 Å². The van der Waals surface area contributed by atoms with E-state index in [0.717, 1.165) is 5.56 Å². The first-order valence-electron chi connectivity index (χ1n) is 2.97. The first kappa shape index (κ1) is 7.29. The summed E-state index contributed by atoms with van der Waals surface area (Å²) < 4.78 is 4.73. The molecule has 0 unspecified atom stereocenters. The van der Waals surface area contributed by atoms with Crippen molar-refractivity contribution in [2.24, 2.45) is 0 Å². The van der Waals surface area contributed by atoms with E-state index >= 15 is 0 Å². The fraction of sp³-hybridized carbons (Fsp3) is 0. The lowest BCUT2D eigenvalue weighted by atomic mass is 10.3. The summed E-state index contributed by atoms with van der Waals surface area (Å²) >= 11 is 0. The Morgan fingerprint density at radius 1 is 1.73 bits per heavy atom. The second-order valence-electron chi connectivity index (χ2n) is 1.87. The number of carbonyl (C=O) groups excluding carboxylic acids is 1. The molecule has 3 heteroatoms. The summed E-state index contributed by atoms with van der Waals surface area (Å²) in [6, 6.07) is 3.17. The minimum atomic E-state index is -0.564. The molecule has 1 rings (SSSR count). The highest BCUT2D eigenvalue weighted by atomic mass is 16.3. The SMILES string of the molecule is N#CC(=O)/C=C/c1ccoc1. The summed E-state index contributed by atoms with van der Waals surface area (Å²) in [7, 11) is 0. The van der Waals surface area contributed by atoms with E-state index in [-0.39, 0.29) is 0 Å². The average Bonchev–Trinajstić information content (AvgIpc) is 2.52. The van der Waals surface area contributed by atoms with Crippen LogP contribution in [0, 0.1) is 11.3 Å². The largest absolute Gasteiger partial charge is 0.472 e. The highest BCUT2D eigenvalue weighted by Crippen LogP contribution is 2.01. The molecule has 0 atom stereocenters. The minimum absolute atomic E-state index is 0.564. The van der Waals surface area contributed by atoms with Crippen LogP contribution in [0.1, 0.15) is 5.56 Å². The first-order chi connectivity index (χ1) is 5.33. The predicted molar refractivity (Wildman–Crippen MR) is 38.4 cm³/mol. The number of carbonyl (C=O) groups is 1. The topological polar surface area (TPSA) is 54.0 Å². The van der Waals surface area contributed by atoms with Crippen molar-refractivity contribution in [2.75, 3.05) is 0 Å². The van der Waals surface area contributed by atoms with Gasteiger partial charge in [0.1, 0.15) is 6.07 Å². The third-order valence-electron chi connectivity index (χ3n) is 1.08. The fourth-order valence-electron chi connectivity index (χ4n) is 0.579. The lowest BCUT2D eigenvalue weighted by molar-refractivity contribution is -0.109. The smallest absolute Gasteiger partial charge is 0.255 e. The predicted octanol–water partition coefficient (Wildman–Crippen LogP) is 1.39. The molecule has 0 saturated carbocycles. The Morgan fingerprint density at radius 3 is 3.09 bits per heavy atom. The number of nitriles is 1. The number of ketones is 1. The standard InChI is InChI=1S/C8H5NO2/c9-5-8(10)2-1-7-3-4-11-6-7/h1-4,6H/b2-1+. The molecule has 11 heavy (non-hydrogen) atoms. The van der Waals surface area contributed by atoms with Crippen LogP contribution < -0.4 is 0 Å². The van der Waals surface area contributed by atoms with Crippen LogP contribution in [-0.2, 0) is 4.79 Å². The van der Waals surface area contributed by atoms with Crippen LogP contribution in [0.25, 0.3) is 6.08 Å². The molecular formula is C8H5NO2. The van der Waals surface area contributed by atoms with Gasteiger partial charge in [0.05, 0.1) is 12.5 Å². The number of rotatable bonds is 2. The zero-order chi connectivity index (χ0) is 8.10. The lowest BCUT2D eigenvalue weighted by Crippen LogP contribution is -1.82. The zero-order valence-electron chi connectivity index (χ0n) is 5.65. The number of nitrogens with zero attached hydrogens (tertiary/aromatic N) is 1. The molecule has 0 bridgehead atoms. The third-order valence-corrected chi connectivity index (χ3v) is 1.08. The molecule has 54 valence electrons. The molecule has 1 heterocycles. The maximum absolute atomic E-state index is 10.4. The van der Waals surface area contributed by atoms with Gasteiger partial charge < -0.3 is 4.42 Å². The van der Waals surface area contributed by atoms with Crippen LogP contribution in [0.5, 0.6) is 0 Å². The van der Waals surface area contributed by atoms with E-state index in [1.165, 1.54) is 30.7 Å². The quantitative estimate of drug-likeness (QED) is 0.469. The van der Waals surface area contributed by atoms with E-state index in [0.29, 0.717) is 0 Å². The summed E-state index contributed by atoms with van der Waals surface area (Å²) in [5.41, 5.74) is 0.772. The van der Waals surface area contributed by atoms with E-state index in [1.54, 1.807) is 6.07 Å². The summed E-state index contributed by atoms with van der Waals surface area (Å²) in [5.74, 6) is -0.564. The monoisotopic (exact) mass is 147 g/mol. The molecule has 1 aromatic rings. The fourth-order valence-corrected chi connectivity index (χ4v) is 0.579.